The van der Waals surface area contributed by atoms with Gasteiger partial charge in [-0.25, -0.2) is 4.98 Å². The van der Waals surface area contributed by atoms with Gasteiger partial charge in [-0.05, 0) is 20.3 Å². The van der Waals surface area contributed by atoms with Gasteiger partial charge in [0.15, 0.2) is 5.13 Å². The van der Waals surface area contributed by atoms with Crippen LogP contribution < -0.4 is 4.90 Å². The van der Waals surface area contributed by atoms with Gasteiger partial charge < -0.3 is 9.64 Å². The molecule has 0 fully saturated rings. The summed E-state index contributed by atoms with van der Waals surface area (Å²) >= 11 is 1.69. The number of rotatable bonds is 5. The van der Waals surface area contributed by atoms with Crippen LogP contribution in [0.5, 0.6) is 0 Å². The van der Waals surface area contributed by atoms with Crippen molar-refractivity contribution >= 4 is 22.4 Å². The fraction of sp³-hybridized carbons (Fsp3) is 0.636. The zero-order valence-electron chi connectivity index (χ0n) is 10.2. The summed E-state index contributed by atoms with van der Waals surface area (Å²) in [6.45, 7) is 4.90. The van der Waals surface area contributed by atoms with Crippen molar-refractivity contribution in [2.45, 2.75) is 26.7 Å². The second-order valence-electron chi connectivity index (χ2n) is 3.74. The number of anilines is 1. The highest BCUT2D eigenvalue weighted by Crippen LogP contribution is 2.24. The smallest absolute Gasteiger partial charge is 0.305 e. The standard InChI is InChI=1S/C11H18N2O2S/c1-8-9(2)16-11(12-8)13(3)7-5-6-10(14)15-4/h5-7H2,1-4H3. The zero-order valence-corrected chi connectivity index (χ0v) is 11.1. The van der Waals surface area contributed by atoms with E-state index in [2.05, 4.69) is 21.5 Å². The van der Waals surface area contributed by atoms with Gasteiger partial charge >= 0.3 is 5.97 Å². The third-order valence-corrected chi connectivity index (χ3v) is 3.63. The molecule has 0 saturated carbocycles. The van der Waals surface area contributed by atoms with E-state index in [1.54, 1.807) is 11.3 Å². The van der Waals surface area contributed by atoms with E-state index in [1.165, 1.54) is 12.0 Å². The first kappa shape index (κ1) is 13.0. The molecule has 0 radical (unpaired) electrons. The van der Waals surface area contributed by atoms with Gasteiger partial charge in [0.05, 0.1) is 12.8 Å². The molecule has 0 unspecified atom stereocenters. The first-order valence-corrected chi connectivity index (χ1v) is 6.08. The zero-order chi connectivity index (χ0) is 12.1. The SMILES string of the molecule is COC(=O)CCCN(C)c1nc(C)c(C)s1. The lowest BCUT2D eigenvalue weighted by Crippen LogP contribution is -2.19. The molecule has 0 aliphatic rings. The summed E-state index contributed by atoms with van der Waals surface area (Å²) in [6, 6.07) is 0. The monoisotopic (exact) mass is 242 g/mol. The molecule has 0 saturated heterocycles. The number of carbonyl (C=O) groups excluding carboxylic acids is 1. The Morgan fingerprint density at radius 1 is 1.50 bits per heavy atom. The average Bonchev–Trinajstić information content (AvgIpc) is 2.59. The molecule has 0 amide bonds. The van der Waals surface area contributed by atoms with Crippen molar-refractivity contribution in [1.29, 1.82) is 0 Å². The first-order chi connectivity index (χ1) is 7.54. The third kappa shape index (κ3) is 3.48. The Bertz CT molecular complexity index is 343. The number of ether oxygens (including phenoxy) is 1. The minimum absolute atomic E-state index is 0.153. The van der Waals surface area contributed by atoms with E-state index < -0.39 is 0 Å². The van der Waals surface area contributed by atoms with Crippen molar-refractivity contribution in [3.05, 3.63) is 10.6 Å². The molecule has 1 aromatic rings. The number of methoxy groups -OCH3 is 1. The van der Waals surface area contributed by atoms with Gasteiger partial charge in [-0.2, -0.15) is 0 Å². The molecule has 0 spiro atoms. The molecular formula is C11H18N2O2S. The first-order valence-electron chi connectivity index (χ1n) is 5.26. The molecule has 90 valence electrons. The van der Waals surface area contributed by atoms with Gasteiger partial charge in [0.2, 0.25) is 0 Å². The highest BCUT2D eigenvalue weighted by atomic mass is 32.1. The van der Waals surface area contributed by atoms with E-state index in [-0.39, 0.29) is 5.97 Å². The lowest BCUT2D eigenvalue weighted by atomic mass is 10.3. The number of thiazole rings is 1. The highest BCUT2D eigenvalue weighted by Gasteiger charge is 2.09. The molecule has 0 atom stereocenters. The van der Waals surface area contributed by atoms with Gasteiger partial charge in [0.1, 0.15) is 0 Å². The van der Waals surface area contributed by atoms with Gasteiger partial charge in [-0.15, -0.1) is 11.3 Å². The second-order valence-corrected chi connectivity index (χ2v) is 4.92. The number of hydrogen-bond donors (Lipinski definition) is 0. The summed E-state index contributed by atoms with van der Waals surface area (Å²) < 4.78 is 4.59. The average molecular weight is 242 g/mol. The predicted molar refractivity (Wildman–Crippen MR) is 66.1 cm³/mol. The molecular weight excluding hydrogens is 224 g/mol. The van der Waals surface area contributed by atoms with Crippen LogP contribution in [0.4, 0.5) is 5.13 Å². The number of nitrogens with zero attached hydrogens (tertiary/aromatic N) is 2. The van der Waals surface area contributed by atoms with Crippen LogP contribution in [-0.4, -0.2) is 31.7 Å². The molecule has 0 N–H and O–H groups in total. The van der Waals surface area contributed by atoms with Crippen LogP contribution in [0.1, 0.15) is 23.4 Å². The van der Waals surface area contributed by atoms with Gasteiger partial charge in [0.25, 0.3) is 0 Å². The maximum absolute atomic E-state index is 10.9. The van der Waals surface area contributed by atoms with E-state index in [1.807, 2.05) is 14.0 Å². The molecule has 1 rings (SSSR count). The van der Waals surface area contributed by atoms with Crippen LogP contribution in [0.25, 0.3) is 0 Å². The van der Waals surface area contributed by atoms with Crippen molar-refractivity contribution < 1.29 is 9.53 Å². The summed E-state index contributed by atoms with van der Waals surface area (Å²) in [5.41, 5.74) is 1.08. The Morgan fingerprint density at radius 3 is 2.69 bits per heavy atom. The summed E-state index contributed by atoms with van der Waals surface area (Å²) in [4.78, 5) is 18.7. The Labute approximate surface area is 100 Å². The fourth-order valence-corrected chi connectivity index (χ4v) is 2.17. The van der Waals surface area contributed by atoms with Gasteiger partial charge in [-0.1, -0.05) is 0 Å². The molecule has 0 aliphatic carbocycles. The molecule has 1 heterocycles. The van der Waals surface area contributed by atoms with Crippen LogP contribution in [0.3, 0.4) is 0 Å². The van der Waals surface area contributed by atoms with Crippen molar-refractivity contribution in [3.63, 3.8) is 0 Å². The van der Waals surface area contributed by atoms with Crippen LogP contribution in [0, 0.1) is 13.8 Å². The second kappa shape index (κ2) is 5.84. The topological polar surface area (TPSA) is 42.4 Å². The number of hydrogen-bond acceptors (Lipinski definition) is 5. The molecule has 4 nitrogen and oxygen atoms in total. The quantitative estimate of drug-likeness (QED) is 0.742. The van der Waals surface area contributed by atoms with Crippen molar-refractivity contribution in [1.82, 2.24) is 4.98 Å². The van der Waals surface area contributed by atoms with E-state index in [9.17, 15) is 4.79 Å². The predicted octanol–water partition coefficient (Wildman–Crippen LogP) is 2.15. The molecule has 5 heteroatoms. The van der Waals surface area contributed by atoms with Gasteiger partial charge in [0, 0.05) is 24.9 Å². The Balaban J connectivity index is 2.40. The summed E-state index contributed by atoms with van der Waals surface area (Å²) in [6.07, 6.45) is 1.25. The summed E-state index contributed by atoms with van der Waals surface area (Å²) in [5.74, 6) is -0.153. The molecule has 16 heavy (non-hydrogen) atoms. The molecule has 0 aromatic carbocycles. The minimum Gasteiger partial charge on any atom is -0.469 e. The van der Waals surface area contributed by atoms with Crippen LogP contribution in [-0.2, 0) is 9.53 Å². The van der Waals surface area contributed by atoms with Crippen LogP contribution in [0.15, 0.2) is 0 Å². The van der Waals surface area contributed by atoms with Crippen molar-refractivity contribution in [2.75, 3.05) is 25.6 Å². The molecule has 0 aliphatic heterocycles. The number of aromatic nitrogens is 1. The minimum atomic E-state index is -0.153. The maximum atomic E-state index is 10.9. The van der Waals surface area contributed by atoms with E-state index in [0.29, 0.717) is 6.42 Å². The van der Waals surface area contributed by atoms with Crippen LogP contribution >= 0.6 is 11.3 Å². The van der Waals surface area contributed by atoms with Crippen LogP contribution in [0.2, 0.25) is 0 Å². The lowest BCUT2D eigenvalue weighted by Gasteiger charge is -2.14. The van der Waals surface area contributed by atoms with Crippen molar-refractivity contribution in [2.24, 2.45) is 0 Å². The highest BCUT2D eigenvalue weighted by molar-refractivity contribution is 7.15. The number of aryl methyl sites for hydroxylation is 2. The van der Waals surface area contributed by atoms with E-state index in [0.717, 1.165) is 23.8 Å². The molecule has 1 aromatic heterocycles. The van der Waals surface area contributed by atoms with Gasteiger partial charge in [-0.3, -0.25) is 4.79 Å². The lowest BCUT2D eigenvalue weighted by molar-refractivity contribution is -0.140. The number of esters is 1. The normalized spacial score (nSPS) is 10.2. The maximum Gasteiger partial charge on any atom is 0.305 e. The number of carbonyl (C=O) groups is 1. The van der Waals surface area contributed by atoms with E-state index in [4.69, 9.17) is 0 Å². The Kier molecular flexibility index (Phi) is 4.73. The fourth-order valence-electron chi connectivity index (χ4n) is 1.28. The largest absolute Gasteiger partial charge is 0.469 e. The van der Waals surface area contributed by atoms with Crippen molar-refractivity contribution in [3.8, 4) is 0 Å². The molecule has 0 bridgehead atoms. The Morgan fingerprint density at radius 2 is 2.19 bits per heavy atom. The summed E-state index contributed by atoms with van der Waals surface area (Å²) in [5, 5.41) is 1.01. The third-order valence-electron chi connectivity index (χ3n) is 2.45. The van der Waals surface area contributed by atoms with E-state index >= 15 is 0 Å². The Hall–Kier alpha value is -1.10. The summed E-state index contributed by atoms with van der Waals surface area (Å²) in [7, 11) is 3.41.